The van der Waals surface area contributed by atoms with E-state index in [9.17, 15) is 13.2 Å². The number of halogens is 3. The highest BCUT2D eigenvalue weighted by Gasteiger charge is 2.38. The Bertz CT molecular complexity index is 775. The summed E-state index contributed by atoms with van der Waals surface area (Å²) in [5.74, 6) is -1.06. The van der Waals surface area contributed by atoms with Gasteiger partial charge in [-0.2, -0.15) is 0 Å². The number of alkyl halides is 2. The second-order valence-corrected chi connectivity index (χ2v) is 7.78. The Morgan fingerprint density at radius 1 is 0.955 bits per heavy atom. The van der Waals surface area contributed by atoms with Crippen molar-refractivity contribution in [1.82, 2.24) is 4.72 Å². The van der Waals surface area contributed by atoms with Crippen LogP contribution in [-0.4, -0.2) is 14.3 Å². The van der Waals surface area contributed by atoms with Crippen LogP contribution in [0.3, 0.4) is 0 Å². The molecule has 0 radical (unpaired) electrons. The van der Waals surface area contributed by atoms with E-state index < -0.39 is 20.3 Å². The van der Waals surface area contributed by atoms with Crippen molar-refractivity contribution in [2.24, 2.45) is 0 Å². The zero-order chi connectivity index (χ0) is 16.4. The van der Waals surface area contributed by atoms with Crippen molar-refractivity contribution in [3.8, 4) is 0 Å². The van der Waals surface area contributed by atoms with Gasteiger partial charge in [0.2, 0.25) is 4.33 Å². The lowest BCUT2D eigenvalue weighted by atomic mass is 10.1. The summed E-state index contributed by atoms with van der Waals surface area (Å²) in [4.78, 5) is 12.0. The first kappa shape index (κ1) is 17.1. The largest absolute Gasteiger partial charge is 0.274 e. The van der Waals surface area contributed by atoms with Crippen LogP contribution in [-0.2, 0) is 19.2 Å². The molecule has 1 amide bonds. The van der Waals surface area contributed by atoms with Crippen molar-refractivity contribution in [2.45, 2.75) is 9.23 Å². The highest BCUT2D eigenvalue weighted by Crippen LogP contribution is 2.34. The molecule has 0 aliphatic rings. The summed E-state index contributed by atoms with van der Waals surface area (Å²) in [6.45, 7) is 0. The van der Waals surface area contributed by atoms with Crippen LogP contribution in [0.4, 0.5) is 0 Å². The molecule has 2 aromatic carbocycles. The monoisotopic (exact) mass is 377 g/mol. The van der Waals surface area contributed by atoms with Gasteiger partial charge in [0, 0.05) is 5.02 Å². The molecule has 4 nitrogen and oxygen atoms in total. The minimum absolute atomic E-state index is 0.123. The van der Waals surface area contributed by atoms with Gasteiger partial charge in [-0.25, -0.2) is 13.1 Å². The molecule has 0 heterocycles. The van der Waals surface area contributed by atoms with Crippen LogP contribution >= 0.6 is 34.8 Å². The molecule has 0 atom stereocenters. The first-order valence-electron chi connectivity index (χ1n) is 5.99. The van der Waals surface area contributed by atoms with Crippen LogP contribution in [0.25, 0.3) is 0 Å². The summed E-state index contributed by atoms with van der Waals surface area (Å²) < 4.78 is 24.1. The van der Waals surface area contributed by atoms with Crippen molar-refractivity contribution in [3.63, 3.8) is 0 Å². The fraction of sp³-hybridized carbons (Fsp3) is 0.0714. The molecule has 0 aliphatic carbocycles. The van der Waals surface area contributed by atoms with Gasteiger partial charge in [0.05, 0.1) is 4.90 Å². The Hall–Kier alpha value is -1.27. The fourth-order valence-corrected chi connectivity index (χ4v) is 3.23. The third-order valence-corrected chi connectivity index (χ3v) is 5.15. The predicted molar refractivity (Wildman–Crippen MR) is 86.6 cm³/mol. The summed E-state index contributed by atoms with van der Waals surface area (Å²) in [5, 5.41) is 0.374. The zero-order valence-corrected chi connectivity index (χ0v) is 14.0. The average molecular weight is 379 g/mol. The van der Waals surface area contributed by atoms with Crippen LogP contribution in [0.5, 0.6) is 0 Å². The minimum Gasteiger partial charge on any atom is -0.270 e. The van der Waals surface area contributed by atoms with E-state index in [1.807, 2.05) is 4.72 Å². The lowest BCUT2D eigenvalue weighted by Crippen LogP contribution is -2.40. The third kappa shape index (κ3) is 3.73. The lowest BCUT2D eigenvalue weighted by Gasteiger charge is -2.19. The van der Waals surface area contributed by atoms with Crippen LogP contribution in [0.2, 0.25) is 5.02 Å². The molecule has 0 bridgehead atoms. The maximum atomic E-state index is 12.1. The Morgan fingerprint density at radius 2 is 1.50 bits per heavy atom. The molecule has 2 rings (SSSR count). The van der Waals surface area contributed by atoms with Crippen molar-refractivity contribution < 1.29 is 13.2 Å². The second kappa shape index (κ2) is 6.46. The summed E-state index contributed by atoms with van der Waals surface area (Å²) in [6, 6.07) is 13.4. The molecule has 2 aromatic rings. The normalized spacial score (nSPS) is 12.0. The Labute approximate surface area is 143 Å². The first-order valence-corrected chi connectivity index (χ1v) is 8.61. The highest BCUT2D eigenvalue weighted by molar-refractivity contribution is 7.90. The second-order valence-electron chi connectivity index (χ2n) is 4.33. The lowest BCUT2D eigenvalue weighted by molar-refractivity contribution is -0.120. The van der Waals surface area contributed by atoms with E-state index in [0.717, 1.165) is 0 Å². The Morgan fingerprint density at radius 3 is 2.05 bits per heavy atom. The van der Waals surface area contributed by atoms with Crippen LogP contribution in [0.1, 0.15) is 5.56 Å². The molecule has 0 saturated heterocycles. The van der Waals surface area contributed by atoms with Crippen molar-refractivity contribution in [2.75, 3.05) is 0 Å². The topological polar surface area (TPSA) is 63.2 Å². The number of amides is 1. The van der Waals surface area contributed by atoms with Gasteiger partial charge >= 0.3 is 0 Å². The van der Waals surface area contributed by atoms with Gasteiger partial charge in [0.15, 0.2) is 0 Å². The highest BCUT2D eigenvalue weighted by atomic mass is 35.5. The Balaban J connectivity index is 2.26. The van der Waals surface area contributed by atoms with Crippen molar-refractivity contribution in [1.29, 1.82) is 0 Å². The van der Waals surface area contributed by atoms with E-state index in [4.69, 9.17) is 34.8 Å². The summed E-state index contributed by atoms with van der Waals surface area (Å²) >= 11 is 17.7. The van der Waals surface area contributed by atoms with E-state index in [1.54, 1.807) is 18.2 Å². The fourth-order valence-electron chi connectivity index (χ4n) is 1.64. The van der Waals surface area contributed by atoms with E-state index in [1.165, 1.54) is 36.4 Å². The van der Waals surface area contributed by atoms with Crippen LogP contribution in [0, 0.1) is 0 Å². The number of carbonyl (C=O) groups is 1. The summed E-state index contributed by atoms with van der Waals surface area (Å²) in [5.41, 5.74) is 0.266. The molecule has 0 saturated carbocycles. The van der Waals surface area contributed by atoms with Gasteiger partial charge < -0.3 is 0 Å². The smallest absolute Gasteiger partial charge is 0.270 e. The molecular weight excluding hydrogens is 369 g/mol. The minimum atomic E-state index is -4.09. The molecule has 116 valence electrons. The van der Waals surface area contributed by atoms with Gasteiger partial charge in [0.25, 0.3) is 15.9 Å². The van der Waals surface area contributed by atoms with Gasteiger partial charge in [-0.1, -0.05) is 65.1 Å². The van der Waals surface area contributed by atoms with Gasteiger partial charge in [-0.05, 0) is 29.8 Å². The maximum absolute atomic E-state index is 12.1. The first-order chi connectivity index (χ1) is 10.2. The third-order valence-electron chi connectivity index (χ3n) is 2.77. The zero-order valence-electron chi connectivity index (χ0n) is 11.0. The molecule has 8 heteroatoms. The van der Waals surface area contributed by atoms with E-state index in [2.05, 4.69) is 0 Å². The standard InChI is InChI=1S/C14H10Cl3NO3S/c15-11-6-8-12(9-7-11)22(20,21)18-13(19)14(16,17)10-4-2-1-3-5-10/h1-9H,(H,18,19). The quantitative estimate of drug-likeness (QED) is 0.829. The number of nitrogens with one attached hydrogen (secondary N) is 1. The van der Waals surface area contributed by atoms with E-state index in [0.29, 0.717) is 5.02 Å². The molecular formula is C14H10Cl3NO3S. The van der Waals surface area contributed by atoms with Gasteiger partial charge in [0.1, 0.15) is 0 Å². The summed E-state index contributed by atoms with van der Waals surface area (Å²) in [6.07, 6.45) is 0. The number of hydrogen-bond donors (Lipinski definition) is 1. The molecule has 22 heavy (non-hydrogen) atoms. The molecule has 0 aromatic heterocycles. The predicted octanol–water partition coefficient (Wildman–Crippen LogP) is 3.48. The number of rotatable bonds is 4. The SMILES string of the molecule is O=C(NS(=O)(=O)c1ccc(Cl)cc1)C(Cl)(Cl)c1ccccc1. The number of sulfonamides is 1. The summed E-state index contributed by atoms with van der Waals surface area (Å²) in [7, 11) is -4.09. The molecule has 0 aliphatic heterocycles. The van der Waals surface area contributed by atoms with Crippen molar-refractivity contribution >= 4 is 50.7 Å². The molecule has 0 unspecified atom stereocenters. The molecule has 0 fully saturated rings. The number of benzene rings is 2. The van der Waals surface area contributed by atoms with Crippen LogP contribution in [0.15, 0.2) is 59.5 Å². The maximum Gasteiger partial charge on any atom is 0.274 e. The Kier molecular flexibility index (Phi) is 5.02. The van der Waals surface area contributed by atoms with E-state index in [-0.39, 0.29) is 10.5 Å². The molecule has 1 N–H and O–H groups in total. The van der Waals surface area contributed by atoms with Gasteiger partial charge in [-0.15, -0.1) is 0 Å². The van der Waals surface area contributed by atoms with Gasteiger partial charge in [-0.3, -0.25) is 4.79 Å². The number of carbonyl (C=O) groups excluding carboxylic acids is 1. The number of hydrogen-bond acceptors (Lipinski definition) is 3. The van der Waals surface area contributed by atoms with Crippen LogP contribution < -0.4 is 4.72 Å². The van der Waals surface area contributed by atoms with E-state index >= 15 is 0 Å². The molecule has 0 spiro atoms. The van der Waals surface area contributed by atoms with Crippen molar-refractivity contribution in [3.05, 3.63) is 65.2 Å². The average Bonchev–Trinajstić information content (AvgIpc) is 2.48.